The van der Waals surface area contributed by atoms with E-state index >= 15 is 0 Å². The highest BCUT2D eigenvalue weighted by Gasteiger charge is 2.14. The highest BCUT2D eigenvalue weighted by atomic mass is 32.1. The molecular weight excluding hydrogens is 368 g/mol. The molecule has 0 amide bonds. The van der Waals surface area contributed by atoms with Gasteiger partial charge in [0.2, 0.25) is 5.75 Å². The number of hydrogen-bond donors (Lipinski definition) is 3. The number of hydrogen-bond acceptors (Lipinski definition) is 8. The first-order chi connectivity index (χ1) is 13.0. The van der Waals surface area contributed by atoms with Crippen LogP contribution >= 0.6 is 12.2 Å². The molecule has 0 atom stereocenters. The number of rotatable bonds is 6. The molecule has 3 rings (SSSR count). The highest BCUT2D eigenvalue weighted by molar-refractivity contribution is 7.80. The maximum Gasteiger partial charge on any atom is 0.203 e. The lowest BCUT2D eigenvalue weighted by Crippen LogP contribution is -2.19. The highest BCUT2D eigenvalue weighted by Crippen LogP contribution is 2.40. The molecule has 3 aromatic rings. The van der Waals surface area contributed by atoms with E-state index in [2.05, 4.69) is 25.6 Å². The van der Waals surface area contributed by atoms with Gasteiger partial charge in [0.05, 0.1) is 27.5 Å². The number of aromatic nitrogens is 3. The third-order valence-electron chi connectivity index (χ3n) is 3.60. The van der Waals surface area contributed by atoms with Crippen molar-refractivity contribution in [2.75, 3.05) is 32.0 Å². The number of fused-ring (bicyclic) bond motifs is 1. The second-order valence-corrected chi connectivity index (χ2v) is 5.76. The van der Waals surface area contributed by atoms with Crippen molar-refractivity contribution >= 4 is 45.8 Å². The summed E-state index contributed by atoms with van der Waals surface area (Å²) < 4.78 is 16.0. The number of anilines is 3. The molecule has 4 N–H and O–H groups in total. The second kappa shape index (κ2) is 7.87. The summed E-state index contributed by atoms with van der Waals surface area (Å²) in [6.45, 7) is 0. The number of thiocarbonyl (C=S) groups is 1. The van der Waals surface area contributed by atoms with E-state index in [4.69, 9.17) is 32.2 Å². The van der Waals surface area contributed by atoms with E-state index in [1.807, 2.05) is 0 Å². The molecule has 0 bridgehead atoms. The van der Waals surface area contributed by atoms with E-state index in [9.17, 15) is 0 Å². The largest absolute Gasteiger partial charge is 0.493 e. The number of benzene rings is 1. The molecule has 9 nitrogen and oxygen atoms in total. The summed E-state index contributed by atoms with van der Waals surface area (Å²) >= 11 is 4.82. The molecule has 0 fully saturated rings. The first-order valence-electron chi connectivity index (χ1n) is 7.81. The molecule has 0 saturated heterocycles. The van der Waals surface area contributed by atoms with E-state index in [1.165, 1.54) is 0 Å². The van der Waals surface area contributed by atoms with Crippen LogP contribution in [0.3, 0.4) is 0 Å². The Kier molecular flexibility index (Phi) is 5.36. The molecule has 0 aliphatic rings. The van der Waals surface area contributed by atoms with Gasteiger partial charge in [0.1, 0.15) is 11.3 Å². The third kappa shape index (κ3) is 4.06. The lowest BCUT2D eigenvalue weighted by molar-refractivity contribution is 0.324. The molecule has 140 valence electrons. The number of ether oxygens (including phenoxy) is 3. The molecule has 2 aromatic heterocycles. The van der Waals surface area contributed by atoms with E-state index in [1.54, 1.807) is 51.8 Å². The lowest BCUT2D eigenvalue weighted by atomic mass is 10.2. The normalized spacial score (nSPS) is 10.3. The maximum absolute atomic E-state index is 5.48. The number of pyridine rings is 1. The minimum Gasteiger partial charge on any atom is -0.493 e. The molecule has 0 spiro atoms. The van der Waals surface area contributed by atoms with Gasteiger partial charge in [-0.25, -0.2) is 15.0 Å². The number of nitrogens with zero attached hydrogens (tertiary/aromatic N) is 3. The summed E-state index contributed by atoms with van der Waals surface area (Å²) in [5.74, 6) is 2.54. The van der Waals surface area contributed by atoms with Gasteiger partial charge in [0, 0.05) is 17.8 Å². The predicted molar refractivity (Wildman–Crippen MR) is 107 cm³/mol. The minimum atomic E-state index is 0.126. The van der Waals surface area contributed by atoms with Crippen LogP contribution in [0.4, 0.5) is 17.3 Å². The smallest absolute Gasteiger partial charge is 0.203 e. The van der Waals surface area contributed by atoms with Gasteiger partial charge in [-0.2, -0.15) is 0 Å². The average molecular weight is 386 g/mol. The summed E-state index contributed by atoms with van der Waals surface area (Å²) in [6.07, 6.45) is 1.61. The van der Waals surface area contributed by atoms with Crippen molar-refractivity contribution < 1.29 is 14.2 Å². The third-order valence-corrected chi connectivity index (χ3v) is 3.70. The summed E-state index contributed by atoms with van der Waals surface area (Å²) in [7, 11) is 4.65. The zero-order valence-corrected chi connectivity index (χ0v) is 15.8. The fraction of sp³-hybridized carbons (Fsp3) is 0.176. The van der Waals surface area contributed by atoms with E-state index in [-0.39, 0.29) is 5.11 Å². The van der Waals surface area contributed by atoms with Crippen LogP contribution in [-0.4, -0.2) is 41.4 Å². The molecule has 27 heavy (non-hydrogen) atoms. The summed E-state index contributed by atoms with van der Waals surface area (Å²) in [4.78, 5) is 13.2. The zero-order valence-electron chi connectivity index (χ0n) is 14.9. The second-order valence-electron chi connectivity index (χ2n) is 5.32. The van der Waals surface area contributed by atoms with Gasteiger partial charge >= 0.3 is 0 Å². The SMILES string of the molecule is COc1cc(Nc2cnc3ccc(NC(N)=S)nc3n2)cc(OC)c1OC. The van der Waals surface area contributed by atoms with E-state index in [0.29, 0.717) is 45.7 Å². The average Bonchev–Trinajstić information content (AvgIpc) is 2.66. The Morgan fingerprint density at radius 1 is 1.00 bits per heavy atom. The number of methoxy groups -OCH3 is 3. The van der Waals surface area contributed by atoms with Crippen LogP contribution < -0.4 is 30.6 Å². The van der Waals surface area contributed by atoms with Crippen molar-refractivity contribution in [2.45, 2.75) is 0 Å². The van der Waals surface area contributed by atoms with Crippen molar-refractivity contribution in [1.29, 1.82) is 0 Å². The molecule has 10 heteroatoms. The van der Waals surface area contributed by atoms with Crippen LogP contribution in [0.5, 0.6) is 17.2 Å². The Hall–Kier alpha value is -3.40. The predicted octanol–water partition coefficient (Wildman–Crippen LogP) is 2.45. The van der Waals surface area contributed by atoms with Crippen molar-refractivity contribution in [1.82, 2.24) is 15.0 Å². The minimum absolute atomic E-state index is 0.126. The Bertz CT molecular complexity index is 973. The first kappa shape index (κ1) is 18.4. The van der Waals surface area contributed by atoms with Crippen LogP contribution in [0.15, 0.2) is 30.5 Å². The van der Waals surface area contributed by atoms with E-state index in [0.717, 1.165) is 0 Å². The molecular formula is C17H18N6O3S. The molecule has 0 unspecified atom stereocenters. The Balaban J connectivity index is 1.95. The molecule has 1 aromatic carbocycles. The Morgan fingerprint density at radius 3 is 2.26 bits per heavy atom. The van der Waals surface area contributed by atoms with Gasteiger partial charge in [0.25, 0.3) is 0 Å². The monoisotopic (exact) mass is 386 g/mol. The van der Waals surface area contributed by atoms with Gasteiger partial charge in [-0.3, -0.25) is 0 Å². The fourth-order valence-corrected chi connectivity index (χ4v) is 2.56. The topological polar surface area (TPSA) is 116 Å². The zero-order chi connectivity index (χ0) is 19.4. The van der Waals surface area contributed by atoms with Gasteiger partial charge in [-0.1, -0.05) is 0 Å². The van der Waals surface area contributed by atoms with Crippen molar-refractivity contribution in [3.63, 3.8) is 0 Å². The Labute approximate surface area is 160 Å². The lowest BCUT2D eigenvalue weighted by Gasteiger charge is -2.14. The molecule has 0 aliphatic heterocycles. The van der Waals surface area contributed by atoms with Gasteiger partial charge in [-0.05, 0) is 24.4 Å². The van der Waals surface area contributed by atoms with Gasteiger partial charge in [0.15, 0.2) is 28.1 Å². The van der Waals surface area contributed by atoms with Crippen LogP contribution in [0.1, 0.15) is 0 Å². The molecule has 0 radical (unpaired) electrons. The summed E-state index contributed by atoms with van der Waals surface area (Å²) in [6, 6.07) is 7.04. The standard InChI is InChI=1S/C17H18N6O3S/c1-24-11-6-9(7-12(25-2)15(11)26-3)20-14-8-19-10-4-5-13(23-17(18)27)21-16(10)22-14/h4-8H,1-3H3,(H4,18,20,21,22,23,27). The van der Waals surface area contributed by atoms with Crippen molar-refractivity contribution in [3.05, 3.63) is 30.5 Å². The molecule has 0 saturated carbocycles. The quantitative estimate of drug-likeness (QED) is 0.545. The Morgan fingerprint density at radius 2 is 1.67 bits per heavy atom. The van der Waals surface area contributed by atoms with E-state index < -0.39 is 0 Å². The first-order valence-corrected chi connectivity index (χ1v) is 8.22. The van der Waals surface area contributed by atoms with Gasteiger partial charge in [-0.15, -0.1) is 0 Å². The van der Waals surface area contributed by atoms with Gasteiger partial charge < -0.3 is 30.6 Å². The van der Waals surface area contributed by atoms with Crippen molar-refractivity contribution in [3.8, 4) is 17.2 Å². The van der Waals surface area contributed by atoms with Crippen LogP contribution in [0.2, 0.25) is 0 Å². The summed E-state index contributed by atoms with van der Waals surface area (Å²) in [5.41, 5.74) is 7.24. The number of nitrogens with one attached hydrogen (secondary N) is 2. The van der Waals surface area contributed by atoms with Crippen LogP contribution in [0.25, 0.3) is 11.2 Å². The molecule has 2 heterocycles. The maximum atomic E-state index is 5.48. The van der Waals surface area contributed by atoms with Crippen LogP contribution in [0, 0.1) is 0 Å². The number of nitrogens with two attached hydrogens (primary N) is 1. The van der Waals surface area contributed by atoms with Crippen LogP contribution in [-0.2, 0) is 0 Å². The van der Waals surface area contributed by atoms with Crippen molar-refractivity contribution in [2.24, 2.45) is 5.73 Å². The molecule has 0 aliphatic carbocycles. The summed E-state index contributed by atoms with van der Waals surface area (Å²) in [5, 5.41) is 6.06. The fourth-order valence-electron chi connectivity index (χ4n) is 2.45.